The minimum atomic E-state index is -1.28. The maximum absolute atomic E-state index is 13.3. The first kappa shape index (κ1) is 21.8. The third-order valence-electron chi connectivity index (χ3n) is 5.02. The summed E-state index contributed by atoms with van der Waals surface area (Å²) in [5.74, 6) is 0.235. The van der Waals surface area contributed by atoms with Crippen LogP contribution in [0.5, 0.6) is 0 Å². The van der Waals surface area contributed by atoms with Gasteiger partial charge in [-0.2, -0.15) is 11.8 Å². The van der Waals surface area contributed by atoms with Crippen LogP contribution in [-0.2, 0) is 20.9 Å². The van der Waals surface area contributed by atoms with Gasteiger partial charge in [-0.1, -0.05) is 49.4 Å². The lowest BCUT2D eigenvalue weighted by molar-refractivity contribution is -0.135. The van der Waals surface area contributed by atoms with Gasteiger partial charge in [0.2, 0.25) is 5.91 Å². The van der Waals surface area contributed by atoms with Crippen LogP contribution in [0.3, 0.4) is 0 Å². The second-order valence-corrected chi connectivity index (χ2v) is 8.08. The van der Waals surface area contributed by atoms with E-state index < -0.39 is 29.2 Å². The topological polar surface area (TPSA) is 78.5 Å². The highest BCUT2D eigenvalue weighted by Gasteiger charge is 2.51. The molecule has 1 unspecified atom stereocenters. The van der Waals surface area contributed by atoms with Crippen LogP contribution in [0.4, 0.5) is 9.18 Å². The molecule has 0 saturated carbocycles. The molecule has 30 heavy (non-hydrogen) atoms. The molecule has 2 aromatic carbocycles. The number of hydrogen-bond acceptors (Lipinski definition) is 4. The van der Waals surface area contributed by atoms with Crippen molar-refractivity contribution in [3.63, 3.8) is 0 Å². The average molecular weight is 430 g/mol. The van der Waals surface area contributed by atoms with Crippen molar-refractivity contribution in [3.05, 3.63) is 71.5 Å². The van der Waals surface area contributed by atoms with Crippen LogP contribution in [-0.4, -0.2) is 41.6 Å². The van der Waals surface area contributed by atoms with Crippen LogP contribution in [0.15, 0.2) is 54.6 Å². The van der Waals surface area contributed by atoms with Gasteiger partial charge in [-0.05, 0) is 29.7 Å². The predicted molar refractivity (Wildman–Crippen MR) is 114 cm³/mol. The summed E-state index contributed by atoms with van der Waals surface area (Å²) >= 11 is 1.69. The molecule has 3 rings (SSSR count). The van der Waals surface area contributed by atoms with Crippen molar-refractivity contribution in [1.82, 2.24) is 15.5 Å². The summed E-state index contributed by atoms with van der Waals surface area (Å²) in [5.41, 5.74) is 0.422. The second-order valence-electron chi connectivity index (χ2n) is 6.98. The third kappa shape index (κ3) is 4.81. The Labute approximate surface area is 179 Å². The Kier molecular flexibility index (Phi) is 7.10. The molecule has 2 aromatic rings. The van der Waals surface area contributed by atoms with Gasteiger partial charge in [0.15, 0.2) is 0 Å². The molecule has 1 atom stereocenters. The number of carbonyl (C=O) groups is 3. The number of imide groups is 1. The SMILES string of the molecule is CCC1(c2ccc(F)cc2)NC(=O)N(CC(=O)NCCSCc2ccccc2)C1=O. The van der Waals surface area contributed by atoms with Gasteiger partial charge in [-0.3, -0.25) is 14.5 Å². The van der Waals surface area contributed by atoms with Crippen molar-refractivity contribution in [3.8, 4) is 0 Å². The molecule has 1 aliphatic heterocycles. The van der Waals surface area contributed by atoms with Crippen LogP contribution in [0, 0.1) is 5.82 Å². The molecule has 4 amide bonds. The molecule has 0 radical (unpaired) electrons. The normalized spacial score (nSPS) is 18.4. The van der Waals surface area contributed by atoms with Crippen molar-refractivity contribution >= 4 is 29.6 Å². The van der Waals surface area contributed by atoms with E-state index in [0.717, 1.165) is 16.4 Å². The van der Waals surface area contributed by atoms with Gasteiger partial charge in [-0.25, -0.2) is 9.18 Å². The fraction of sp³-hybridized carbons (Fsp3) is 0.318. The lowest BCUT2D eigenvalue weighted by Gasteiger charge is -2.25. The summed E-state index contributed by atoms with van der Waals surface area (Å²) < 4.78 is 13.3. The predicted octanol–water partition coefficient (Wildman–Crippen LogP) is 3.03. The maximum Gasteiger partial charge on any atom is 0.325 e. The summed E-state index contributed by atoms with van der Waals surface area (Å²) in [6.07, 6.45) is 0.289. The van der Waals surface area contributed by atoms with E-state index in [1.54, 1.807) is 18.7 Å². The lowest BCUT2D eigenvalue weighted by Crippen LogP contribution is -2.45. The Morgan fingerprint density at radius 3 is 2.50 bits per heavy atom. The van der Waals surface area contributed by atoms with Crippen LogP contribution in [0.1, 0.15) is 24.5 Å². The van der Waals surface area contributed by atoms with E-state index in [9.17, 15) is 18.8 Å². The zero-order valence-electron chi connectivity index (χ0n) is 16.7. The van der Waals surface area contributed by atoms with Crippen LogP contribution < -0.4 is 10.6 Å². The number of halogens is 1. The minimum absolute atomic E-state index is 0.289. The molecule has 1 heterocycles. The minimum Gasteiger partial charge on any atom is -0.354 e. The molecule has 1 fully saturated rings. The smallest absolute Gasteiger partial charge is 0.325 e. The monoisotopic (exact) mass is 429 g/mol. The zero-order valence-corrected chi connectivity index (χ0v) is 17.5. The first-order valence-corrected chi connectivity index (χ1v) is 10.9. The summed E-state index contributed by atoms with van der Waals surface area (Å²) in [7, 11) is 0. The van der Waals surface area contributed by atoms with Gasteiger partial charge in [0, 0.05) is 18.1 Å². The number of amides is 4. The summed E-state index contributed by atoms with van der Waals surface area (Å²) in [4.78, 5) is 38.6. The van der Waals surface area contributed by atoms with Gasteiger partial charge < -0.3 is 10.6 Å². The van der Waals surface area contributed by atoms with Gasteiger partial charge in [0.25, 0.3) is 5.91 Å². The Morgan fingerprint density at radius 1 is 1.13 bits per heavy atom. The van der Waals surface area contributed by atoms with E-state index in [-0.39, 0.29) is 13.0 Å². The number of hydrogen-bond donors (Lipinski definition) is 2. The molecular formula is C22H24FN3O3S. The molecular weight excluding hydrogens is 405 g/mol. The van der Waals surface area contributed by atoms with E-state index in [1.807, 2.05) is 30.3 Å². The number of nitrogens with one attached hydrogen (secondary N) is 2. The standard InChI is InChI=1S/C22H24FN3O3S/c1-2-22(17-8-10-18(23)11-9-17)20(28)26(21(29)25-22)14-19(27)24-12-13-30-15-16-6-4-3-5-7-16/h3-11H,2,12-15H2,1H3,(H,24,27)(H,25,29). The van der Waals surface area contributed by atoms with Crippen LogP contribution in [0.25, 0.3) is 0 Å². The van der Waals surface area contributed by atoms with E-state index in [1.165, 1.54) is 29.8 Å². The Balaban J connectivity index is 1.52. The first-order chi connectivity index (χ1) is 14.5. The summed E-state index contributed by atoms with van der Waals surface area (Å²) in [6, 6.07) is 14.8. The number of carbonyl (C=O) groups excluding carboxylic acids is 3. The molecule has 1 aliphatic rings. The quantitative estimate of drug-likeness (QED) is 0.474. The molecule has 8 heteroatoms. The molecule has 0 spiro atoms. The highest BCUT2D eigenvalue weighted by molar-refractivity contribution is 7.98. The Bertz CT molecular complexity index is 908. The van der Waals surface area contributed by atoms with Crippen molar-refractivity contribution in [2.45, 2.75) is 24.6 Å². The summed E-state index contributed by atoms with van der Waals surface area (Å²) in [5, 5.41) is 5.43. The zero-order chi connectivity index (χ0) is 21.6. The molecule has 6 nitrogen and oxygen atoms in total. The van der Waals surface area contributed by atoms with E-state index in [0.29, 0.717) is 12.1 Å². The highest BCUT2D eigenvalue weighted by atomic mass is 32.2. The highest BCUT2D eigenvalue weighted by Crippen LogP contribution is 2.32. The van der Waals surface area contributed by atoms with Gasteiger partial charge in [0.1, 0.15) is 17.9 Å². The number of benzene rings is 2. The number of nitrogens with zero attached hydrogens (tertiary/aromatic N) is 1. The molecule has 1 saturated heterocycles. The molecule has 158 valence electrons. The fourth-order valence-corrected chi connectivity index (χ4v) is 4.19. The third-order valence-corrected chi connectivity index (χ3v) is 6.06. The van der Waals surface area contributed by atoms with E-state index in [2.05, 4.69) is 10.6 Å². The van der Waals surface area contributed by atoms with Gasteiger partial charge in [-0.15, -0.1) is 0 Å². The first-order valence-electron chi connectivity index (χ1n) is 9.75. The number of rotatable bonds is 9. The molecule has 0 aromatic heterocycles. The largest absolute Gasteiger partial charge is 0.354 e. The van der Waals surface area contributed by atoms with Gasteiger partial charge in [0.05, 0.1) is 0 Å². The lowest BCUT2D eigenvalue weighted by atomic mass is 9.87. The van der Waals surface area contributed by atoms with Crippen molar-refractivity contribution < 1.29 is 18.8 Å². The fourth-order valence-electron chi connectivity index (χ4n) is 3.37. The molecule has 0 aliphatic carbocycles. The Hall–Kier alpha value is -2.87. The number of thioether (sulfide) groups is 1. The van der Waals surface area contributed by atoms with E-state index in [4.69, 9.17) is 0 Å². The van der Waals surface area contributed by atoms with Crippen molar-refractivity contribution in [2.24, 2.45) is 0 Å². The maximum atomic E-state index is 13.3. The summed E-state index contributed by atoms with van der Waals surface area (Å²) in [6.45, 7) is 1.85. The molecule has 0 bridgehead atoms. The Morgan fingerprint density at radius 2 is 1.83 bits per heavy atom. The van der Waals surface area contributed by atoms with Crippen molar-refractivity contribution in [2.75, 3.05) is 18.8 Å². The number of urea groups is 1. The average Bonchev–Trinajstić information content (AvgIpc) is 3.00. The van der Waals surface area contributed by atoms with Gasteiger partial charge >= 0.3 is 6.03 Å². The van der Waals surface area contributed by atoms with Crippen LogP contribution in [0.2, 0.25) is 0 Å². The second kappa shape index (κ2) is 9.75. The molecule has 2 N–H and O–H groups in total. The van der Waals surface area contributed by atoms with Crippen LogP contribution >= 0.6 is 11.8 Å². The van der Waals surface area contributed by atoms with Crippen molar-refractivity contribution in [1.29, 1.82) is 0 Å². The van der Waals surface area contributed by atoms with E-state index >= 15 is 0 Å².